The van der Waals surface area contributed by atoms with Crippen molar-refractivity contribution in [3.63, 3.8) is 0 Å². The molecule has 0 unspecified atom stereocenters. The molecule has 0 saturated carbocycles. The van der Waals surface area contributed by atoms with Crippen LogP contribution in [0.5, 0.6) is 0 Å². The summed E-state index contributed by atoms with van der Waals surface area (Å²) in [6.07, 6.45) is 3.69. The van der Waals surface area contributed by atoms with Gasteiger partial charge in [-0.3, -0.25) is 4.79 Å². The molecule has 1 amide bonds. The molecule has 0 radical (unpaired) electrons. The number of hydrogen-bond donors (Lipinski definition) is 2. The van der Waals surface area contributed by atoms with E-state index < -0.39 is 0 Å². The summed E-state index contributed by atoms with van der Waals surface area (Å²) >= 11 is 1.40. The van der Waals surface area contributed by atoms with Gasteiger partial charge in [-0.2, -0.15) is 4.98 Å². The van der Waals surface area contributed by atoms with Crippen LogP contribution in [0.4, 0.5) is 23.1 Å². The molecule has 4 aromatic rings. The highest BCUT2D eigenvalue weighted by molar-refractivity contribution is 7.17. The Morgan fingerprint density at radius 3 is 2.34 bits per heavy atom. The van der Waals surface area contributed by atoms with E-state index in [4.69, 9.17) is 4.98 Å². The Kier molecular flexibility index (Phi) is 6.72. The molecule has 7 nitrogen and oxygen atoms in total. The summed E-state index contributed by atoms with van der Waals surface area (Å²) in [6, 6.07) is 19.5. The minimum atomic E-state index is -0.156. The second-order valence-corrected chi connectivity index (χ2v) is 9.69. The van der Waals surface area contributed by atoms with E-state index >= 15 is 0 Å². The van der Waals surface area contributed by atoms with Gasteiger partial charge in [0.1, 0.15) is 15.7 Å². The van der Waals surface area contributed by atoms with Gasteiger partial charge in [-0.1, -0.05) is 30.3 Å². The Morgan fingerprint density at radius 1 is 0.886 bits per heavy atom. The maximum Gasteiger partial charge on any atom is 0.267 e. The predicted octanol–water partition coefficient (Wildman–Crippen LogP) is 6.20. The highest BCUT2D eigenvalue weighted by Crippen LogP contribution is 2.29. The maximum atomic E-state index is 12.9. The van der Waals surface area contributed by atoms with E-state index in [0.717, 1.165) is 46.6 Å². The van der Waals surface area contributed by atoms with Crippen molar-refractivity contribution in [2.24, 2.45) is 0 Å². The summed E-state index contributed by atoms with van der Waals surface area (Å²) in [5, 5.41) is 7.12. The van der Waals surface area contributed by atoms with Gasteiger partial charge >= 0.3 is 0 Å². The van der Waals surface area contributed by atoms with Gasteiger partial charge < -0.3 is 15.5 Å². The van der Waals surface area contributed by atoms with Crippen molar-refractivity contribution in [3.8, 4) is 10.6 Å². The lowest BCUT2D eigenvalue weighted by molar-refractivity contribution is 0.103. The maximum absolute atomic E-state index is 12.9. The Morgan fingerprint density at radius 2 is 1.60 bits per heavy atom. The van der Waals surface area contributed by atoms with Crippen molar-refractivity contribution < 1.29 is 4.79 Å². The molecule has 0 atom stereocenters. The molecule has 1 aliphatic rings. The zero-order valence-electron chi connectivity index (χ0n) is 19.9. The van der Waals surface area contributed by atoms with Crippen LogP contribution in [-0.4, -0.2) is 33.9 Å². The third kappa shape index (κ3) is 5.49. The van der Waals surface area contributed by atoms with Crippen LogP contribution in [0.2, 0.25) is 0 Å². The van der Waals surface area contributed by atoms with Crippen molar-refractivity contribution in [1.29, 1.82) is 0 Å². The highest BCUT2D eigenvalue weighted by Gasteiger charge is 2.17. The number of nitrogens with one attached hydrogen (secondary N) is 2. The van der Waals surface area contributed by atoms with E-state index in [1.54, 1.807) is 0 Å². The molecule has 35 heavy (non-hydrogen) atoms. The molecule has 3 heterocycles. The quantitative estimate of drug-likeness (QED) is 0.339. The molecule has 1 aliphatic heterocycles. The summed E-state index contributed by atoms with van der Waals surface area (Å²) in [6.45, 7) is 5.93. The fourth-order valence-corrected chi connectivity index (χ4v) is 5.12. The number of nitrogens with zero attached hydrogens (tertiary/aromatic N) is 4. The van der Waals surface area contributed by atoms with Crippen LogP contribution in [0.1, 0.15) is 40.3 Å². The van der Waals surface area contributed by atoms with Crippen LogP contribution < -0.4 is 15.5 Å². The van der Waals surface area contributed by atoms with Gasteiger partial charge in [0.05, 0.1) is 5.69 Å². The van der Waals surface area contributed by atoms with E-state index in [-0.39, 0.29) is 5.91 Å². The van der Waals surface area contributed by atoms with Crippen molar-refractivity contribution in [3.05, 3.63) is 76.9 Å². The first-order valence-corrected chi connectivity index (χ1v) is 12.7. The number of aromatic nitrogens is 3. The number of thiazole rings is 1. The number of hydrogen-bond acceptors (Lipinski definition) is 7. The van der Waals surface area contributed by atoms with Gasteiger partial charge in [0.15, 0.2) is 0 Å². The molecule has 1 saturated heterocycles. The number of piperidine rings is 1. The molecule has 1 fully saturated rings. The van der Waals surface area contributed by atoms with Gasteiger partial charge in [-0.05, 0) is 57.4 Å². The van der Waals surface area contributed by atoms with Crippen LogP contribution in [0.25, 0.3) is 10.6 Å². The first kappa shape index (κ1) is 23.0. The molecule has 2 aromatic carbocycles. The minimum absolute atomic E-state index is 0.156. The predicted molar refractivity (Wildman–Crippen MR) is 143 cm³/mol. The van der Waals surface area contributed by atoms with Crippen molar-refractivity contribution in [2.45, 2.75) is 33.1 Å². The number of anilines is 4. The van der Waals surface area contributed by atoms with Crippen LogP contribution in [0.15, 0.2) is 60.7 Å². The Labute approximate surface area is 209 Å². The van der Waals surface area contributed by atoms with E-state index in [9.17, 15) is 4.79 Å². The van der Waals surface area contributed by atoms with E-state index in [1.165, 1.54) is 30.6 Å². The Bertz CT molecular complexity index is 1310. The molecule has 2 aromatic heterocycles. The van der Waals surface area contributed by atoms with Crippen molar-refractivity contribution in [1.82, 2.24) is 15.0 Å². The number of benzene rings is 2. The summed E-state index contributed by atoms with van der Waals surface area (Å²) in [5.74, 6) is 1.39. The number of rotatable bonds is 6. The third-order valence-electron chi connectivity index (χ3n) is 5.94. The molecule has 0 spiro atoms. The van der Waals surface area contributed by atoms with Gasteiger partial charge in [0, 0.05) is 41.8 Å². The normalized spacial score (nSPS) is 13.5. The zero-order chi connectivity index (χ0) is 24.2. The molecule has 5 rings (SSSR count). The lowest BCUT2D eigenvalue weighted by Crippen LogP contribution is -2.30. The smallest absolute Gasteiger partial charge is 0.267 e. The first-order chi connectivity index (χ1) is 17.0. The fourth-order valence-electron chi connectivity index (χ4n) is 4.16. The summed E-state index contributed by atoms with van der Waals surface area (Å²) in [4.78, 5) is 29.7. The molecule has 0 bridgehead atoms. The summed E-state index contributed by atoms with van der Waals surface area (Å²) in [7, 11) is 0. The molecule has 2 N–H and O–H groups in total. The first-order valence-electron chi connectivity index (χ1n) is 11.9. The summed E-state index contributed by atoms with van der Waals surface area (Å²) in [5.41, 5.74) is 4.25. The monoisotopic (exact) mass is 484 g/mol. The summed E-state index contributed by atoms with van der Waals surface area (Å²) < 4.78 is 0. The van der Waals surface area contributed by atoms with Crippen LogP contribution >= 0.6 is 11.3 Å². The number of carbonyl (C=O) groups is 1. The highest BCUT2D eigenvalue weighted by atomic mass is 32.1. The lowest BCUT2D eigenvalue weighted by Gasteiger charge is -2.28. The molecule has 8 heteroatoms. The van der Waals surface area contributed by atoms with Gasteiger partial charge in [-0.25, -0.2) is 9.97 Å². The number of carbonyl (C=O) groups excluding carboxylic acids is 1. The third-order valence-corrected chi connectivity index (χ3v) is 7.15. The second kappa shape index (κ2) is 10.2. The van der Waals surface area contributed by atoms with Gasteiger partial charge in [0.25, 0.3) is 5.91 Å². The lowest BCUT2D eigenvalue weighted by atomic mass is 10.1. The molecular weight excluding hydrogens is 456 g/mol. The van der Waals surface area contributed by atoms with Crippen LogP contribution in [0.3, 0.4) is 0 Å². The van der Waals surface area contributed by atoms with Gasteiger partial charge in [0.2, 0.25) is 5.95 Å². The molecule has 0 aliphatic carbocycles. The molecular formula is C27H28N6OS. The van der Waals surface area contributed by atoms with Crippen LogP contribution in [-0.2, 0) is 0 Å². The molecule has 178 valence electrons. The number of aryl methyl sites for hydroxylation is 2. The SMILES string of the molecule is Cc1cc(N2CCCCC2)nc(Nc2ccc(NC(=O)c3sc(-c4ccccc4)nc3C)cc2)n1. The van der Waals surface area contributed by atoms with E-state index in [2.05, 4.69) is 25.5 Å². The Balaban J connectivity index is 1.26. The van der Waals surface area contributed by atoms with Crippen LogP contribution in [0, 0.1) is 13.8 Å². The zero-order valence-corrected chi connectivity index (χ0v) is 20.7. The van der Waals surface area contributed by atoms with Gasteiger partial charge in [-0.15, -0.1) is 11.3 Å². The fraction of sp³-hybridized carbons (Fsp3) is 0.259. The number of amides is 1. The second-order valence-electron chi connectivity index (χ2n) is 8.69. The average molecular weight is 485 g/mol. The standard InChI is InChI=1S/C27H28N6OS/c1-18-17-23(33-15-7-4-8-16-33)32-27(28-18)31-22-13-11-21(12-14-22)30-25(34)24-19(2)29-26(35-24)20-9-5-3-6-10-20/h3,5-6,9-14,17H,4,7-8,15-16H2,1-2H3,(H,30,34)(H,28,31,32). The van der Waals surface area contributed by atoms with E-state index in [0.29, 0.717) is 16.5 Å². The Hall–Kier alpha value is -3.78. The largest absolute Gasteiger partial charge is 0.356 e. The topological polar surface area (TPSA) is 83.0 Å². The van der Waals surface area contributed by atoms with Crippen molar-refractivity contribution >= 4 is 40.4 Å². The van der Waals surface area contributed by atoms with Crippen molar-refractivity contribution in [2.75, 3.05) is 28.6 Å². The average Bonchev–Trinajstić information content (AvgIpc) is 3.28. The minimum Gasteiger partial charge on any atom is -0.356 e. The van der Waals surface area contributed by atoms with E-state index in [1.807, 2.05) is 74.5 Å².